The molecule has 0 aliphatic rings. The lowest BCUT2D eigenvalue weighted by molar-refractivity contribution is 0.0310. The van der Waals surface area contributed by atoms with Gasteiger partial charge in [0.2, 0.25) is 0 Å². The van der Waals surface area contributed by atoms with Crippen molar-refractivity contribution in [1.82, 2.24) is 10.6 Å². The van der Waals surface area contributed by atoms with E-state index in [0.717, 1.165) is 31.9 Å². The molecule has 1 aromatic rings. The number of methoxy groups -OCH3 is 1. The minimum Gasteiger partial charge on any atom is -0.494 e. The Morgan fingerprint density at radius 1 is 1.17 bits per heavy atom. The Kier molecular flexibility index (Phi) is 9.15. The molecule has 0 spiro atoms. The van der Waals surface area contributed by atoms with Gasteiger partial charge in [-0.15, -0.1) is 0 Å². The summed E-state index contributed by atoms with van der Waals surface area (Å²) in [5, 5.41) is 6.52. The summed E-state index contributed by atoms with van der Waals surface area (Å²) in [5.74, 6) is 1.24. The molecule has 5 nitrogen and oxygen atoms in total. The van der Waals surface area contributed by atoms with E-state index in [1.165, 1.54) is 12.1 Å². The lowest BCUT2D eigenvalue weighted by atomic mass is 10.1. The van der Waals surface area contributed by atoms with E-state index in [2.05, 4.69) is 15.6 Å². The fourth-order valence-corrected chi connectivity index (χ4v) is 1.83. The number of halogens is 1. The molecule has 0 aliphatic carbocycles. The second-order valence-electron chi connectivity index (χ2n) is 6.10. The van der Waals surface area contributed by atoms with Gasteiger partial charge in [0, 0.05) is 20.2 Å². The summed E-state index contributed by atoms with van der Waals surface area (Å²) in [6, 6.07) is 6.08. The third kappa shape index (κ3) is 8.72. The lowest BCUT2D eigenvalue weighted by Crippen LogP contribution is -2.39. The molecule has 0 bridgehead atoms. The predicted molar refractivity (Wildman–Crippen MR) is 96.2 cm³/mol. The number of aliphatic imine (C=N–C) groups is 1. The SMILES string of the molecule is CCNC(=NCC(C)(C)OC)NCCCCOc1ccc(F)cc1. The van der Waals surface area contributed by atoms with E-state index in [1.807, 2.05) is 20.8 Å². The van der Waals surface area contributed by atoms with Crippen molar-refractivity contribution in [3.8, 4) is 5.75 Å². The number of hydrogen-bond donors (Lipinski definition) is 2. The maximum Gasteiger partial charge on any atom is 0.191 e. The second-order valence-corrected chi connectivity index (χ2v) is 6.10. The Bertz CT molecular complexity index is 490. The van der Waals surface area contributed by atoms with E-state index >= 15 is 0 Å². The largest absolute Gasteiger partial charge is 0.494 e. The summed E-state index contributed by atoms with van der Waals surface area (Å²) < 4.78 is 23.7. The predicted octanol–water partition coefficient (Wildman–Crippen LogP) is 2.96. The summed E-state index contributed by atoms with van der Waals surface area (Å²) in [5.41, 5.74) is -0.272. The highest BCUT2D eigenvalue weighted by Crippen LogP contribution is 2.11. The Labute approximate surface area is 144 Å². The van der Waals surface area contributed by atoms with E-state index in [1.54, 1.807) is 19.2 Å². The van der Waals surface area contributed by atoms with Gasteiger partial charge in [0.15, 0.2) is 5.96 Å². The van der Waals surface area contributed by atoms with Crippen LogP contribution in [0.5, 0.6) is 5.75 Å². The van der Waals surface area contributed by atoms with Gasteiger partial charge in [0.25, 0.3) is 0 Å². The summed E-state index contributed by atoms with van der Waals surface area (Å²) in [6.07, 6.45) is 1.87. The van der Waals surface area contributed by atoms with E-state index < -0.39 is 0 Å². The molecule has 0 heterocycles. The molecule has 1 aromatic carbocycles. The lowest BCUT2D eigenvalue weighted by Gasteiger charge is -2.21. The number of rotatable bonds is 10. The van der Waals surface area contributed by atoms with E-state index in [9.17, 15) is 4.39 Å². The van der Waals surface area contributed by atoms with Crippen molar-refractivity contribution in [2.45, 2.75) is 39.2 Å². The van der Waals surface area contributed by atoms with Crippen molar-refractivity contribution in [1.29, 1.82) is 0 Å². The average molecular weight is 339 g/mol. The van der Waals surface area contributed by atoms with Crippen LogP contribution in [-0.4, -0.2) is 44.9 Å². The average Bonchev–Trinajstić information content (AvgIpc) is 2.57. The molecule has 136 valence electrons. The normalized spacial score (nSPS) is 12.1. The van der Waals surface area contributed by atoms with Crippen LogP contribution >= 0.6 is 0 Å². The Balaban J connectivity index is 2.22. The Morgan fingerprint density at radius 2 is 1.88 bits per heavy atom. The van der Waals surface area contributed by atoms with Crippen molar-refractivity contribution in [2.24, 2.45) is 4.99 Å². The zero-order valence-corrected chi connectivity index (χ0v) is 15.2. The van der Waals surface area contributed by atoms with Gasteiger partial charge in [-0.25, -0.2) is 4.39 Å². The molecule has 0 aromatic heterocycles. The quantitative estimate of drug-likeness (QED) is 0.391. The van der Waals surface area contributed by atoms with Crippen LogP contribution in [0.1, 0.15) is 33.6 Å². The van der Waals surface area contributed by atoms with E-state index in [0.29, 0.717) is 18.9 Å². The van der Waals surface area contributed by atoms with Gasteiger partial charge in [-0.3, -0.25) is 4.99 Å². The highest BCUT2D eigenvalue weighted by Gasteiger charge is 2.15. The Hall–Kier alpha value is -1.82. The summed E-state index contributed by atoms with van der Waals surface area (Å²) in [6.45, 7) is 8.87. The first-order valence-electron chi connectivity index (χ1n) is 8.42. The number of unbranched alkanes of at least 4 members (excludes halogenated alkanes) is 1. The van der Waals surface area contributed by atoms with Crippen molar-refractivity contribution in [2.75, 3.05) is 33.4 Å². The molecule has 2 N–H and O–H groups in total. The zero-order chi connectivity index (χ0) is 17.8. The van der Waals surface area contributed by atoms with Crippen molar-refractivity contribution in [3.05, 3.63) is 30.1 Å². The third-order valence-corrected chi connectivity index (χ3v) is 3.46. The molecule has 0 saturated carbocycles. The molecular weight excluding hydrogens is 309 g/mol. The molecule has 0 fully saturated rings. The summed E-state index contributed by atoms with van der Waals surface area (Å²) in [7, 11) is 1.69. The molecule has 6 heteroatoms. The van der Waals surface area contributed by atoms with Crippen molar-refractivity contribution < 1.29 is 13.9 Å². The monoisotopic (exact) mass is 339 g/mol. The van der Waals surface area contributed by atoms with Gasteiger partial charge in [-0.2, -0.15) is 0 Å². The smallest absolute Gasteiger partial charge is 0.191 e. The zero-order valence-electron chi connectivity index (χ0n) is 15.2. The second kappa shape index (κ2) is 10.9. The topological polar surface area (TPSA) is 54.9 Å². The van der Waals surface area contributed by atoms with Crippen LogP contribution in [0.3, 0.4) is 0 Å². The highest BCUT2D eigenvalue weighted by molar-refractivity contribution is 5.79. The first-order valence-corrected chi connectivity index (χ1v) is 8.42. The molecule has 0 unspecified atom stereocenters. The van der Waals surface area contributed by atoms with Gasteiger partial charge in [-0.05, 0) is 57.9 Å². The maximum absolute atomic E-state index is 12.8. The minimum atomic E-state index is -0.272. The fraction of sp³-hybridized carbons (Fsp3) is 0.611. The van der Waals surface area contributed by atoms with E-state index in [4.69, 9.17) is 9.47 Å². The summed E-state index contributed by atoms with van der Waals surface area (Å²) in [4.78, 5) is 4.53. The van der Waals surface area contributed by atoms with Crippen LogP contribution < -0.4 is 15.4 Å². The van der Waals surface area contributed by atoms with Gasteiger partial charge in [-0.1, -0.05) is 0 Å². The molecule has 0 amide bonds. The number of ether oxygens (including phenoxy) is 2. The maximum atomic E-state index is 12.8. The number of hydrogen-bond acceptors (Lipinski definition) is 3. The van der Waals surface area contributed by atoms with Crippen LogP contribution in [0.4, 0.5) is 4.39 Å². The molecule has 0 radical (unpaired) electrons. The molecule has 0 aliphatic heterocycles. The molecule has 1 rings (SSSR count). The van der Waals surface area contributed by atoms with Crippen LogP contribution in [0.2, 0.25) is 0 Å². The Morgan fingerprint density at radius 3 is 2.50 bits per heavy atom. The number of benzene rings is 1. The third-order valence-electron chi connectivity index (χ3n) is 3.46. The van der Waals surface area contributed by atoms with Crippen molar-refractivity contribution >= 4 is 5.96 Å². The number of nitrogens with one attached hydrogen (secondary N) is 2. The first kappa shape index (κ1) is 20.2. The first-order chi connectivity index (χ1) is 11.5. The van der Waals surface area contributed by atoms with E-state index in [-0.39, 0.29) is 11.4 Å². The summed E-state index contributed by atoms with van der Waals surface area (Å²) >= 11 is 0. The minimum absolute atomic E-state index is 0.251. The van der Waals surface area contributed by atoms with Gasteiger partial charge in [0.05, 0.1) is 18.8 Å². The molecule has 0 saturated heterocycles. The van der Waals surface area contributed by atoms with Crippen LogP contribution in [0.25, 0.3) is 0 Å². The standard InChI is InChI=1S/C18H30FN3O2/c1-5-20-17(22-14-18(2,3)23-4)21-12-6-7-13-24-16-10-8-15(19)9-11-16/h8-11H,5-7,12-14H2,1-4H3,(H2,20,21,22). The molecular formula is C18H30FN3O2. The highest BCUT2D eigenvalue weighted by atomic mass is 19.1. The number of guanidine groups is 1. The molecule has 0 atom stereocenters. The van der Waals surface area contributed by atoms with Crippen molar-refractivity contribution in [3.63, 3.8) is 0 Å². The van der Waals surface area contributed by atoms with Crippen LogP contribution in [0, 0.1) is 5.82 Å². The van der Waals surface area contributed by atoms with Gasteiger partial charge < -0.3 is 20.1 Å². The van der Waals surface area contributed by atoms with Crippen LogP contribution in [0.15, 0.2) is 29.3 Å². The number of nitrogens with zero attached hydrogens (tertiary/aromatic N) is 1. The molecule has 24 heavy (non-hydrogen) atoms. The van der Waals surface area contributed by atoms with Gasteiger partial charge >= 0.3 is 0 Å². The fourth-order valence-electron chi connectivity index (χ4n) is 1.83. The van der Waals surface area contributed by atoms with Gasteiger partial charge in [0.1, 0.15) is 11.6 Å². The van der Waals surface area contributed by atoms with Crippen LogP contribution in [-0.2, 0) is 4.74 Å².